The second-order valence-corrected chi connectivity index (χ2v) is 10.7. The number of nitrogens with one attached hydrogen (secondary N) is 1. The summed E-state index contributed by atoms with van der Waals surface area (Å²) in [4.78, 5) is 25.1. The summed E-state index contributed by atoms with van der Waals surface area (Å²) in [6, 6.07) is 11.3. The molecule has 0 saturated carbocycles. The summed E-state index contributed by atoms with van der Waals surface area (Å²) in [6.45, 7) is 12.6. The number of aromatic nitrogens is 2. The third-order valence-corrected chi connectivity index (χ3v) is 7.76. The fourth-order valence-electron chi connectivity index (χ4n) is 5.80. The second-order valence-electron chi connectivity index (χ2n) is 10.7. The second kappa shape index (κ2) is 9.75. The van der Waals surface area contributed by atoms with Gasteiger partial charge in [0.1, 0.15) is 0 Å². The molecule has 35 heavy (non-hydrogen) atoms. The zero-order valence-electron chi connectivity index (χ0n) is 21.7. The number of ether oxygens (including phenoxy) is 1. The molecule has 2 saturated heterocycles. The van der Waals surface area contributed by atoms with E-state index in [-0.39, 0.29) is 12.0 Å². The number of amides is 1. The Kier molecular flexibility index (Phi) is 6.69. The van der Waals surface area contributed by atoms with Crippen molar-refractivity contribution < 1.29 is 9.53 Å². The number of methoxy groups -OCH3 is 1. The van der Waals surface area contributed by atoms with Gasteiger partial charge in [-0.3, -0.25) is 14.7 Å². The van der Waals surface area contributed by atoms with Gasteiger partial charge in [0, 0.05) is 48.1 Å². The van der Waals surface area contributed by atoms with E-state index >= 15 is 0 Å². The van der Waals surface area contributed by atoms with E-state index in [0.717, 1.165) is 50.4 Å². The molecular weight excluding hydrogens is 436 g/mol. The summed E-state index contributed by atoms with van der Waals surface area (Å²) < 4.78 is 5.30. The maximum absolute atomic E-state index is 12.5. The van der Waals surface area contributed by atoms with Gasteiger partial charge in [-0.1, -0.05) is 19.9 Å². The number of aromatic amines is 1. The van der Waals surface area contributed by atoms with E-state index < -0.39 is 0 Å². The molecule has 6 heteroatoms. The summed E-state index contributed by atoms with van der Waals surface area (Å²) in [5.41, 5.74) is 8.54. The van der Waals surface area contributed by atoms with Crippen molar-refractivity contribution in [3.05, 3.63) is 52.8 Å². The molecule has 0 atom stereocenters. The molecule has 0 bridgehead atoms. The van der Waals surface area contributed by atoms with Crippen molar-refractivity contribution in [2.75, 3.05) is 39.8 Å². The van der Waals surface area contributed by atoms with E-state index in [4.69, 9.17) is 4.74 Å². The number of pyridine rings is 1. The van der Waals surface area contributed by atoms with Crippen molar-refractivity contribution in [1.29, 1.82) is 0 Å². The molecule has 186 valence electrons. The van der Waals surface area contributed by atoms with E-state index in [1.807, 2.05) is 4.90 Å². The first-order valence-corrected chi connectivity index (χ1v) is 13.0. The first-order chi connectivity index (χ1) is 16.8. The van der Waals surface area contributed by atoms with Crippen molar-refractivity contribution in [2.24, 2.45) is 0 Å². The molecule has 2 fully saturated rings. The normalized spacial score (nSPS) is 17.9. The molecule has 6 nitrogen and oxygen atoms in total. The van der Waals surface area contributed by atoms with Crippen molar-refractivity contribution in [2.45, 2.75) is 58.5 Å². The van der Waals surface area contributed by atoms with Gasteiger partial charge in [0.25, 0.3) is 0 Å². The van der Waals surface area contributed by atoms with E-state index in [2.05, 4.69) is 72.9 Å². The Morgan fingerprint density at radius 1 is 1.11 bits per heavy atom. The number of aryl methyl sites for hydroxylation is 2. The lowest BCUT2D eigenvalue weighted by atomic mass is 9.87. The van der Waals surface area contributed by atoms with E-state index in [1.165, 1.54) is 33.3 Å². The van der Waals surface area contributed by atoms with Gasteiger partial charge >= 0.3 is 0 Å². The first kappa shape index (κ1) is 24.0. The van der Waals surface area contributed by atoms with Gasteiger partial charge in [-0.15, -0.1) is 0 Å². The SMILES string of the molecule is COC1CN(C(=O)CN2CCC(c3ccc4[nH]c(-c5cc(C)nc(C)c5)c(C(C)C)c4c3)CC2)C1. The van der Waals surface area contributed by atoms with Gasteiger partial charge in [-0.05, 0) is 87.0 Å². The number of carbonyl (C=O) groups is 1. The van der Waals surface area contributed by atoms with Gasteiger partial charge < -0.3 is 14.6 Å². The van der Waals surface area contributed by atoms with Crippen LogP contribution in [0.25, 0.3) is 22.2 Å². The summed E-state index contributed by atoms with van der Waals surface area (Å²) in [5.74, 6) is 1.19. The number of fused-ring (bicyclic) bond motifs is 1. The van der Waals surface area contributed by atoms with Gasteiger partial charge in [0.2, 0.25) is 5.91 Å². The predicted molar refractivity (Wildman–Crippen MR) is 141 cm³/mol. The molecular formula is C29H38N4O2. The number of likely N-dealkylation sites (tertiary alicyclic amines) is 2. The molecule has 1 aromatic carbocycles. The highest BCUT2D eigenvalue weighted by atomic mass is 16.5. The van der Waals surface area contributed by atoms with E-state index in [1.54, 1.807) is 7.11 Å². The van der Waals surface area contributed by atoms with Gasteiger partial charge in [-0.25, -0.2) is 0 Å². The van der Waals surface area contributed by atoms with Gasteiger partial charge in [-0.2, -0.15) is 0 Å². The first-order valence-electron chi connectivity index (χ1n) is 13.0. The van der Waals surface area contributed by atoms with Gasteiger partial charge in [0.15, 0.2) is 0 Å². The average molecular weight is 475 g/mol. The number of benzene rings is 1. The molecule has 1 N–H and O–H groups in total. The Morgan fingerprint density at radius 3 is 2.43 bits per heavy atom. The zero-order chi connectivity index (χ0) is 24.7. The van der Waals surface area contributed by atoms with Crippen LogP contribution in [0.5, 0.6) is 0 Å². The summed E-state index contributed by atoms with van der Waals surface area (Å²) in [7, 11) is 1.72. The van der Waals surface area contributed by atoms with Crippen LogP contribution in [0.3, 0.4) is 0 Å². The molecule has 5 rings (SSSR count). The lowest BCUT2D eigenvalue weighted by Gasteiger charge is -2.40. The molecule has 0 aliphatic carbocycles. The number of piperidine rings is 1. The van der Waals surface area contributed by atoms with Crippen molar-refractivity contribution in [1.82, 2.24) is 19.8 Å². The minimum absolute atomic E-state index is 0.218. The minimum atomic E-state index is 0.218. The van der Waals surface area contributed by atoms with Crippen molar-refractivity contribution >= 4 is 16.8 Å². The monoisotopic (exact) mass is 474 g/mol. The number of hydrogen-bond donors (Lipinski definition) is 1. The van der Waals surface area contributed by atoms with E-state index in [0.29, 0.717) is 18.4 Å². The van der Waals surface area contributed by atoms with Crippen molar-refractivity contribution in [3.63, 3.8) is 0 Å². The van der Waals surface area contributed by atoms with Crippen LogP contribution in [0.1, 0.15) is 61.0 Å². The number of nitrogens with zero attached hydrogens (tertiary/aromatic N) is 3. The molecule has 0 radical (unpaired) electrons. The zero-order valence-corrected chi connectivity index (χ0v) is 21.7. The third-order valence-electron chi connectivity index (χ3n) is 7.76. The Morgan fingerprint density at radius 2 is 1.80 bits per heavy atom. The largest absolute Gasteiger partial charge is 0.378 e. The Hall–Kier alpha value is -2.70. The molecule has 4 heterocycles. The lowest BCUT2D eigenvalue weighted by molar-refractivity contribution is -0.144. The van der Waals surface area contributed by atoms with E-state index in [9.17, 15) is 4.79 Å². The quantitative estimate of drug-likeness (QED) is 0.546. The Balaban J connectivity index is 1.32. The van der Waals surface area contributed by atoms with Crippen LogP contribution in [0.4, 0.5) is 0 Å². The highest BCUT2D eigenvalue weighted by Crippen LogP contribution is 2.38. The van der Waals surface area contributed by atoms with Gasteiger partial charge in [0.05, 0.1) is 18.3 Å². The number of hydrogen-bond acceptors (Lipinski definition) is 4. The fourth-order valence-corrected chi connectivity index (χ4v) is 5.80. The maximum atomic E-state index is 12.5. The molecule has 3 aromatic rings. The topological polar surface area (TPSA) is 61.5 Å². The molecule has 2 aliphatic rings. The van der Waals surface area contributed by atoms with Crippen LogP contribution in [-0.2, 0) is 9.53 Å². The van der Waals surface area contributed by atoms with Crippen LogP contribution >= 0.6 is 0 Å². The maximum Gasteiger partial charge on any atom is 0.236 e. The van der Waals surface area contributed by atoms with Crippen LogP contribution < -0.4 is 0 Å². The molecule has 0 spiro atoms. The smallest absolute Gasteiger partial charge is 0.236 e. The molecule has 2 aromatic heterocycles. The predicted octanol–water partition coefficient (Wildman–Crippen LogP) is 5.01. The van der Waals surface area contributed by atoms with Crippen LogP contribution in [0.2, 0.25) is 0 Å². The molecule has 2 aliphatic heterocycles. The van der Waals surface area contributed by atoms with Crippen LogP contribution in [0, 0.1) is 13.8 Å². The summed E-state index contributed by atoms with van der Waals surface area (Å²) in [6.07, 6.45) is 2.41. The Bertz CT molecular complexity index is 1200. The standard InChI is InChI=1S/C29H38N4O2/c1-18(2)28-25-14-22(6-7-26(25)31-29(28)23-12-19(3)30-20(4)13-23)21-8-10-32(11-9-21)17-27(34)33-15-24(16-33)35-5/h6-7,12-14,18,21,24,31H,8-11,15-17H2,1-5H3. The highest BCUT2D eigenvalue weighted by Gasteiger charge is 2.32. The van der Waals surface area contributed by atoms with Crippen molar-refractivity contribution in [3.8, 4) is 11.3 Å². The highest BCUT2D eigenvalue weighted by molar-refractivity contribution is 5.92. The third kappa shape index (κ3) is 4.87. The van der Waals surface area contributed by atoms with Crippen LogP contribution in [-0.4, -0.2) is 71.6 Å². The fraction of sp³-hybridized carbons (Fsp3) is 0.517. The number of rotatable bonds is 6. The molecule has 0 unspecified atom stereocenters. The number of H-pyrrole nitrogens is 1. The number of carbonyl (C=O) groups excluding carboxylic acids is 1. The molecule has 1 amide bonds. The van der Waals surface area contributed by atoms with Crippen LogP contribution in [0.15, 0.2) is 30.3 Å². The average Bonchev–Trinajstić information content (AvgIpc) is 3.17. The minimum Gasteiger partial charge on any atom is -0.378 e. The summed E-state index contributed by atoms with van der Waals surface area (Å²) >= 11 is 0. The summed E-state index contributed by atoms with van der Waals surface area (Å²) in [5, 5.41) is 1.34. The Labute approximate surface area is 208 Å². The lowest BCUT2D eigenvalue weighted by Crippen LogP contribution is -2.57.